The largest absolute Gasteiger partial charge is 0.444 e. The smallest absolute Gasteiger partial charge is 0.407 e. The predicted molar refractivity (Wildman–Crippen MR) is 66.8 cm³/mol. The van der Waals surface area contributed by atoms with Crippen molar-refractivity contribution in [3.8, 4) is 0 Å². The Morgan fingerprint density at radius 2 is 1.82 bits per heavy atom. The van der Waals surface area contributed by atoms with Crippen molar-refractivity contribution in [3.63, 3.8) is 0 Å². The molecule has 100 valence electrons. The lowest BCUT2D eigenvalue weighted by atomic mass is 9.83. The van der Waals surface area contributed by atoms with E-state index in [0.717, 1.165) is 25.7 Å². The fourth-order valence-corrected chi connectivity index (χ4v) is 2.21. The van der Waals surface area contributed by atoms with Crippen LogP contribution in [-0.2, 0) is 4.74 Å². The van der Waals surface area contributed by atoms with Crippen LogP contribution in [0, 0.1) is 5.92 Å². The first-order valence-electron chi connectivity index (χ1n) is 6.45. The summed E-state index contributed by atoms with van der Waals surface area (Å²) in [4.78, 5) is 11.6. The van der Waals surface area contributed by atoms with E-state index in [1.807, 2.05) is 27.7 Å². The third kappa shape index (κ3) is 5.39. The van der Waals surface area contributed by atoms with E-state index < -0.39 is 5.60 Å². The van der Waals surface area contributed by atoms with Gasteiger partial charge >= 0.3 is 6.09 Å². The molecule has 0 spiro atoms. The van der Waals surface area contributed by atoms with E-state index in [2.05, 4.69) is 5.32 Å². The average molecular weight is 243 g/mol. The lowest BCUT2D eigenvalue weighted by molar-refractivity contribution is 0.0462. The summed E-state index contributed by atoms with van der Waals surface area (Å²) >= 11 is 0. The summed E-state index contributed by atoms with van der Waals surface area (Å²) in [6, 6.07) is 0.109. The molecule has 1 rings (SSSR count). The van der Waals surface area contributed by atoms with Gasteiger partial charge in [0.05, 0.1) is 6.10 Å². The highest BCUT2D eigenvalue weighted by molar-refractivity contribution is 5.68. The van der Waals surface area contributed by atoms with Gasteiger partial charge in [0.15, 0.2) is 0 Å². The van der Waals surface area contributed by atoms with Crippen LogP contribution in [0.5, 0.6) is 0 Å². The van der Waals surface area contributed by atoms with Crippen molar-refractivity contribution >= 4 is 6.09 Å². The molecule has 1 fully saturated rings. The van der Waals surface area contributed by atoms with Gasteiger partial charge in [-0.1, -0.05) is 0 Å². The molecule has 1 aliphatic rings. The zero-order valence-corrected chi connectivity index (χ0v) is 11.3. The van der Waals surface area contributed by atoms with Gasteiger partial charge in [-0.15, -0.1) is 0 Å². The van der Waals surface area contributed by atoms with Crippen molar-refractivity contribution in [2.45, 2.75) is 71.1 Å². The second-order valence-electron chi connectivity index (χ2n) is 6.00. The number of hydrogen-bond acceptors (Lipinski definition) is 3. The Labute approximate surface area is 104 Å². The van der Waals surface area contributed by atoms with Crippen LogP contribution in [0.1, 0.15) is 53.4 Å². The van der Waals surface area contributed by atoms with Gasteiger partial charge in [-0.2, -0.15) is 0 Å². The summed E-state index contributed by atoms with van der Waals surface area (Å²) in [6.07, 6.45) is 3.11. The van der Waals surface area contributed by atoms with E-state index in [9.17, 15) is 9.90 Å². The normalized spacial score (nSPS) is 27.4. The van der Waals surface area contributed by atoms with Crippen molar-refractivity contribution in [1.29, 1.82) is 0 Å². The third-order valence-electron chi connectivity index (χ3n) is 3.19. The maximum atomic E-state index is 11.6. The van der Waals surface area contributed by atoms with Gasteiger partial charge in [0.25, 0.3) is 0 Å². The Morgan fingerprint density at radius 3 is 2.29 bits per heavy atom. The molecular formula is C13H25NO3. The van der Waals surface area contributed by atoms with Crippen LogP contribution in [0.3, 0.4) is 0 Å². The molecule has 0 bridgehead atoms. The van der Waals surface area contributed by atoms with Crippen LogP contribution in [0.15, 0.2) is 0 Å². The predicted octanol–water partition coefficient (Wildman–Crippen LogP) is 2.45. The molecule has 17 heavy (non-hydrogen) atoms. The first kappa shape index (κ1) is 14.3. The van der Waals surface area contributed by atoms with Crippen LogP contribution in [0.25, 0.3) is 0 Å². The van der Waals surface area contributed by atoms with Crippen molar-refractivity contribution in [2.24, 2.45) is 5.92 Å². The number of hydrogen-bond donors (Lipinski definition) is 2. The molecule has 4 heteroatoms. The quantitative estimate of drug-likeness (QED) is 0.783. The average Bonchev–Trinajstić information content (AvgIpc) is 2.15. The van der Waals surface area contributed by atoms with Gasteiger partial charge in [0.2, 0.25) is 0 Å². The van der Waals surface area contributed by atoms with E-state index in [-0.39, 0.29) is 18.2 Å². The lowest BCUT2D eigenvalue weighted by Gasteiger charge is -2.31. The maximum Gasteiger partial charge on any atom is 0.407 e. The fourth-order valence-electron chi connectivity index (χ4n) is 2.21. The number of alkyl carbamates (subject to hydrolysis) is 1. The number of aliphatic hydroxyl groups excluding tert-OH is 1. The van der Waals surface area contributed by atoms with Crippen LogP contribution >= 0.6 is 0 Å². The SMILES string of the molecule is C[C@@H](NC(=O)OC(C)(C)C)[C@H]1CC[C@@H](O)CC1. The lowest BCUT2D eigenvalue weighted by Crippen LogP contribution is -2.42. The molecule has 0 aromatic rings. The van der Waals surface area contributed by atoms with Crippen LogP contribution in [-0.4, -0.2) is 28.9 Å². The van der Waals surface area contributed by atoms with Gasteiger partial charge in [0, 0.05) is 6.04 Å². The molecule has 0 aliphatic heterocycles. The number of carbonyl (C=O) groups excluding carboxylic acids is 1. The van der Waals surface area contributed by atoms with Crippen molar-refractivity contribution in [3.05, 3.63) is 0 Å². The van der Waals surface area contributed by atoms with Crippen LogP contribution in [0.4, 0.5) is 4.79 Å². The fraction of sp³-hybridized carbons (Fsp3) is 0.923. The highest BCUT2D eigenvalue weighted by Gasteiger charge is 2.26. The molecule has 0 saturated heterocycles. The number of ether oxygens (including phenoxy) is 1. The van der Waals surface area contributed by atoms with Crippen molar-refractivity contribution in [1.82, 2.24) is 5.32 Å². The molecule has 0 radical (unpaired) electrons. The molecule has 0 aromatic heterocycles. The Hall–Kier alpha value is -0.770. The summed E-state index contributed by atoms with van der Waals surface area (Å²) < 4.78 is 5.22. The highest BCUT2D eigenvalue weighted by Crippen LogP contribution is 2.26. The molecule has 0 unspecified atom stereocenters. The van der Waals surface area contributed by atoms with Gasteiger partial charge < -0.3 is 15.2 Å². The van der Waals surface area contributed by atoms with E-state index in [4.69, 9.17) is 4.74 Å². The molecule has 0 heterocycles. The molecule has 2 N–H and O–H groups in total. The Kier molecular flexibility index (Phi) is 4.80. The summed E-state index contributed by atoms with van der Waals surface area (Å²) in [5.74, 6) is 0.450. The Morgan fingerprint density at radius 1 is 1.29 bits per heavy atom. The molecule has 1 aliphatic carbocycles. The first-order chi connectivity index (χ1) is 7.78. The van der Waals surface area contributed by atoms with E-state index in [0.29, 0.717) is 5.92 Å². The number of nitrogens with one attached hydrogen (secondary N) is 1. The molecule has 4 nitrogen and oxygen atoms in total. The summed E-state index contributed by atoms with van der Waals surface area (Å²) in [6.45, 7) is 7.57. The second-order valence-corrected chi connectivity index (χ2v) is 6.00. The number of carbonyl (C=O) groups is 1. The van der Waals surface area contributed by atoms with E-state index in [1.165, 1.54) is 0 Å². The van der Waals surface area contributed by atoms with Crippen LogP contribution < -0.4 is 5.32 Å². The Bertz CT molecular complexity index is 252. The van der Waals surface area contributed by atoms with E-state index >= 15 is 0 Å². The zero-order chi connectivity index (χ0) is 13.1. The molecule has 1 amide bonds. The van der Waals surface area contributed by atoms with Crippen LogP contribution in [0.2, 0.25) is 0 Å². The minimum absolute atomic E-state index is 0.109. The zero-order valence-electron chi connectivity index (χ0n) is 11.3. The first-order valence-corrected chi connectivity index (χ1v) is 6.45. The number of aliphatic hydroxyl groups is 1. The van der Waals surface area contributed by atoms with Crippen molar-refractivity contribution < 1.29 is 14.6 Å². The Balaban J connectivity index is 2.33. The standard InChI is InChI=1S/C13H25NO3/c1-9(10-5-7-11(15)8-6-10)14-12(16)17-13(2,3)4/h9-11,15H,5-8H2,1-4H3,(H,14,16)/t9-,10-,11+/m1/s1. The summed E-state index contributed by atoms with van der Waals surface area (Å²) in [7, 11) is 0. The highest BCUT2D eigenvalue weighted by atomic mass is 16.6. The van der Waals surface area contributed by atoms with E-state index in [1.54, 1.807) is 0 Å². The number of rotatable bonds is 2. The van der Waals surface area contributed by atoms with Crippen molar-refractivity contribution in [2.75, 3.05) is 0 Å². The molecular weight excluding hydrogens is 218 g/mol. The minimum atomic E-state index is -0.452. The monoisotopic (exact) mass is 243 g/mol. The van der Waals surface area contributed by atoms with Gasteiger partial charge in [-0.3, -0.25) is 0 Å². The minimum Gasteiger partial charge on any atom is -0.444 e. The summed E-state index contributed by atoms with van der Waals surface area (Å²) in [5.41, 5.74) is -0.452. The topological polar surface area (TPSA) is 58.6 Å². The molecule has 1 saturated carbocycles. The van der Waals surface area contributed by atoms with Gasteiger partial charge in [-0.25, -0.2) is 4.79 Å². The van der Waals surface area contributed by atoms with Gasteiger partial charge in [0.1, 0.15) is 5.60 Å². The number of amides is 1. The second kappa shape index (κ2) is 5.71. The molecule has 0 aromatic carbocycles. The molecule has 1 atom stereocenters. The maximum absolute atomic E-state index is 11.6. The summed E-state index contributed by atoms with van der Waals surface area (Å²) in [5, 5.41) is 12.3. The van der Waals surface area contributed by atoms with Gasteiger partial charge in [-0.05, 0) is 59.3 Å². The third-order valence-corrected chi connectivity index (χ3v) is 3.19.